The molecule has 0 unspecified atom stereocenters. The minimum Gasteiger partial charge on any atom is -0.319 e. The highest BCUT2D eigenvalue weighted by molar-refractivity contribution is 6.34. The van der Waals surface area contributed by atoms with Gasteiger partial charge in [0.25, 0.3) is 5.91 Å². The van der Waals surface area contributed by atoms with Gasteiger partial charge in [-0.15, -0.1) is 0 Å². The van der Waals surface area contributed by atoms with E-state index in [1.165, 1.54) is 24.1 Å². The van der Waals surface area contributed by atoms with Crippen molar-refractivity contribution in [3.8, 4) is 11.4 Å². The van der Waals surface area contributed by atoms with Gasteiger partial charge in [-0.05, 0) is 24.1 Å². The van der Waals surface area contributed by atoms with Gasteiger partial charge >= 0.3 is 6.18 Å². The standard InChI is InChI=1S/C17H16ClF3N6O/c1-4-9-5-11(13-6-14(17(19,20)21)25-26(13)2)22-8-12(9)24-16(28)15-10(18)7-23-27(15)3/h5-8H,4H2,1-3H3,(H,24,28). The molecule has 0 atom stereocenters. The second kappa shape index (κ2) is 7.27. The normalized spacial score (nSPS) is 11.7. The summed E-state index contributed by atoms with van der Waals surface area (Å²) in [5, 5.41) is 10.3. The average molecular weight is 413 g/mol. The topological polar surface area (TPSA) is 77.6 Å². The molecule has 0 spiro atoms. The lowest BCUT2D eigenvalue weighted by molar-refractivity contribution is -0.141. The molecule has 0 saturated carbocycles. The maximum absolute atomic E-state index is 12.9. The Labute approximate surface area is 163 Å². The average Bonchev–Trinajstić information content (AvgIpc) is 3.17. The zero-order chi connectivity index (χ0) is 20.6. The smallest absolute Gasteiger partial charge is 0.319 e. The lowest BCUT2D eigenvalue weighted by Crippen LogP contribution is -2.17. The first-order chi connectivity index (χ1) is 13.1. The van der Waals surface area contributed by atoms with E-state index in [0.29, 0.717) is 23.4 Å². The Morgan fingerprint density at radius 2 is 1.93 bits per heavy atom. The highest BCUT2D eigenvalue weighted by atomic mass is 35.5. The van der Waals surface area contributed by atoms with Crippen molar-refractivity contribution in [1.29, 1.82) is 0 Å². The van der Waals surface area contributed by atoms with Crippen molar-refractivity contribution < 1.29 is 18.0 Å². The highest BCUT2D eigenvalue weighted by Gasteiger charge is 2.35. The molecule has 28 heavy (non-hydrogen) atoms. The molecular formula is C17H16ClF3N6O. The number of hydrogen-bond donors (Lipinski definition) is 1. The van der Waals surface area contributed by atoms with Gasteiger partial charge in [-0.2, -0.15) is 23.4 Å². The number of anilines is 1. The summed E-state index contributed by atoms with van der Waals surface area (Å²) in [6, 6.07) is 2.56. The molecule has 0 aliphatic rings. The van der Waals surface area contributed by atoms with E-state index in [4.69, 9.17) is 11.6 Å². The summed E-state index contributed by atoms with van der Waals surface area (Å²) >= 11 is 5.98. The summed E-state index contributed by atoms with van der Waals surface area (Å²) in [6.07, 6.45) is -1.26. The van der Waals surface area contributed by atoms with E-state index < -0.39 is 17.8 Å². The van der Waals surface area contributed by atoms with Crippen molar-refractivity contribution in [2.24, 2.45) is 14.1 Å². The van der Waals surface area contributed by atoms with Gasteiger partial charge in [0, 0.05) is 14.1 Å². The molecule has 3 aromatic rings. The summed E-state index contributed by atoms with van der Waals surface area (Å²) in [5.74, 6) is -0.464. The van der Waals surface area contributed by atoms with Gasteiger partial charge in [0.05, 0.1) is 34.5 Å². The van der Waals surface area contributed by atoms with E-state index >= 15 is 0 Å². The Kier molecular flexibility index (Phi) is 5.16. The van der Waals surface area contributed by atoms with Gasteiger partial charge in [0.2, 0.25) is 0 Å². The van der Waals surface area contributed by atoms with E-state index in [2.05, 4.69) is 20.5 Å². The molecule has 0 fully saturated rings. The molecule has 1 amide bonds. The Morgan fingerprint density at radius 1 is 1.21 bits per heavy atom. The number of aryl methyl sites for hydroxylation is 3. The zero-order valence-electron chi connectivity index (χ0n) is 15.2. The van der Waals surface area contributed by atoms with Crippen molar-refractivity contribution in [2.75, 3.05) is 5.32 Å². The number of rotatable bonds is 4. The molecule has 7 nitrogen and oxygen atoms in total. The molecule has 0 radical (unpaired) electrons. The number of aromatic nitrogens is 5. The fourth-order valence-corrected chi connectivity index (χ4v) is 2.99. The third-order valence-corrected chi connectivity index (χ3v) is 4.44. The minimum absolute atomic E-state index is 0.189. The van der Waals surface area contributed by atoms with Crippen LogP contribution in [-0.4, -0.2) is 30.5 Å². The first-order valence-electron chi connectivity index (χ1n) is 8.21. The molecular weight excluding hydrogens is 397 g/mol. The SMILES string of the molecule is CCc1cc(-c2cc(C(F)(F)F)nn2C)ncc1NC(=O)c1c(Cl)cnn1C. The van der Waals surface area contributed by atoms with Crippen molar-refractivity contribution in [3.05, 3.63) is 46.5 Å². The molecule has 148 valence electrons. The van der Waals surface area contributed by atoms with E-state index in [9.17, 15) is 18.0 Å². The van der Waals surface area contributed by atoms with Crippen molar-refractivity contribution >= 4 is 23.2 Å². The zero-order valence-corrected chi connectivity index (χ0v) is 15.9. The van der Waals surface area contributed by atoms with Crippen LogP contribution in [0.2, 0.25) is 5.02 Å². The third kappa shape index (κ3) is 3.72. The lowest BCUT2D eigenvalue weighted by atomic mass is 10.1. The number of pyridine rings is 1. The van der Waals surface area contributed by atoms with Crippen LogP contribution >= 0.6 is 11.6 Å². The minimum atomic E-state index is -4.54. The summed E-state index contributed by atoms with van der Waals surface area (Å²) in [6.45, 7) is 1.86. The van der Waals surface area contributed by atoms with Crippen LogP contribution in [0.5, 0.6) is 0 Å². The van der Waals surface area contributed by atoms with Crippen LogP contribution in [0.3, 0.4) is 0 Å². The summed E-state index contributed by atoms with van der Waals surface area (Å²) in [4.78, 5) is 16.7. The summed E-state index contributed by atoms with van der Waals surface area (Å²) < 4.78 is 41.1. The van der Waals surface area contributed by atoms with Gasteiger partial charge in [-0.25, -0.2) is 0 Å². The maximum Gasteiger partial charge on any atom is 0.435 e. The van der Waals surface area contributed by atoms with Crippen LogP contribution in [0.25, 0.3) is 11.4 Å². The van der Waals surface area contributed by atoms with Gasteiger partial charge in [0.15, 0.2) is 5.69 Å². The number of alkyl halides is 3. The summed E-state index contributed by atoms with van der Waals surface area (Å²) in [5.41, 5.74) is 0.869. The predicted octanol–water partition coefficient (Wildman–Crippen LogP) is 3.70. The van der Waals surface area contributed by atoms with Crippen LogP contribution < -0.4 is 5.32 Å². The van der Waals surface area contributed by atoms with Crippen LogP contribution in [-0.2, 0) is 26.7 Å². The van der Waals surface area contributed by atoms with Gasteiger partial charge < -0.3 is 5.32 Å². The van der Waals surface area contributed by atoms with Crippen LogP contribution in [0, 0.1) is 0 Å². The monoisotopic (exact) mass is 412 g/mol. The van der Waals surface area contributed by atoms with Crippen molar-refractivity contribution in [2.45, 2.75) is 19.5 Å². The molecule has 3 rings (SSSR count). The molecule has 0 aliphatic carbocycles. The number of nitrogens with zero attached hydrogens (tertiary/aromatic N) is 5. The Hall–Kier alpha value is -2.88. The van der Waals surface area contributed by atoms with Gasteiger partial charge in [0.1, 0.15) is 5.69 Å². The molecule has 0 aliphatic heterocycles. The number of carbonyl (C=O) groups excluding carboxylic acids is 1. The molecule has 0 aromatic carbocycles. The second-order valence-corrected chi connectivity index (χ2v) is 6.44. The fourth-order valence-electron chi connectivity index (χ4n) is 2.74. The number of amides is 1. The third-order valence-electron chi connectivity index (χ3n) is 4.16. The number of nitrogens with one attached hydrogen (secondary N) is 1. The van der Waals surface area contributed by atoms with E-state index in [-0.39, 0.29) is 16.4 Å². The molecule has 0 bridgehead atoms. The van der Waals surface area contributed by atoms with Crippen LogP contribution in [0.1, 0.15) is 28.7 Å². The first kappa shape index (κ1) is 19.9. The Morgan fingerprint density at radius 3 is 2.46 bits per heavy atom. The fraction of sp³-hybridized carbons (Fsp3) is 0.294. The largest absolute Gasteiger partial charge is 0.435 e. The Balaban J connectivity index is 1.93. The van der Waals surface area contributed by atoms with E-state index in [1.54, 1.807) is 13.1 Å². The lowest BCUT2D eigenvalue weighted by Gasteiger charge is -2.12. The van der Waals surface area contributed by atoms with E-state index in [0.717, 1.165) is 10.7 Å². The number of halogens is 4. The van der Waals surface area contributed by atoms with Crippen molar-refractivity contribution in [3.63, 3.8) is 0 Å². The second-order valence-electron chi connectivity index (χ2n) is 6.04. The molecule has 1 N–H and O–H groups in total. The molecule has 3 aromatic heterocycles. The summed E-state index contributed by atoms with van der Waals surface area (Å²) in [7, 11) is 3.00. The molecule has 3 heterocycles. The predicted molar refractivity (Wildman–Crippen MR) is 97.0 cm³/mol. The van der Waals surface area contributed by atoms with E-state index in [1.807, 2.05) is 6.92 Å². The van der Waals surface area contributed by atoms with Crippen LogP contribution in [0.15, 0.2) is 24.5 Å². The van der Waals surface area contributed by atoms with Crippen LogP contribution in [0.4, 0.5) is 18.9 Å². The highest BCUT2D eigenvalue weighted by Crippen LogP contribution is 2.32. The quantitative estimate of drug-likeness (QED) is 0.708. The van der Waals surface area contributed by atoms with Gasteiger partial charge in [-0.1, -0.05) is 18.5 Å². The first-order valence-corrected chi connectivity index (χ1v) is 8.59. The molecule has 11 heteroatoms. The number of carbonyl (C=O) groups is 1. The Bertz CT molecular complexity index is 1020. The maximum atomic E-state index is 12.9. The van der Waals surface area contributed by atoms with Gasteiger partial charge in [-0.3, -0.25) is 19.1 Å². The van der Waals surface area contributed by atoms with Crippen molar-refractivity contribution in [1.82, 2.24) is 24.5 Å². The number of hydrogen-bond acceptors (Lipinski definition) is 4. The molecule has 0 saturated heterocycles.